The van der Waals surface area contributed by atoms with Crippen LogP contribution in [0.4, 0.5) is 0 Å². The number of ether oxygens (including phenoxy) is 2. The van der Waals surface area contributed by atoms with Crippen LogP contribution in [0.15, 0.2) is 6.20 Å². The zero-order valence-electron chi connectivity index (χ0n) is 12.1. The Hall–Kier alpha value is -1.24. The van der Waals surface area contributed by atoms with Crippen LogP contribution >= 0.6 is 11.6 Å². The lowest BCUT2D eigenvalue weighted by molar-refractivity contribution is 0.0307. The molecule has 1 aromatic heterocycles. The smallest absolute Gasteiger partial charge is 0.358 e. The molecule has 1 aliphatic rings. The Bertz CT molecular complexity index is 506. The van der Waals surface area contributed by atoms with Gasteiger partial charge in [0.25, 0.3) is 0 Å². The highest BCUT2D eigenvalue weighted by Crippen LogP contribution is 2.40. The number of hydrogen-bond donors (Lipinski definition) is 1. The van der Waals surface area contributed by atoms with Crippen molar-refractivity contribution < 1.29 is 14.3 Å². The van der Waals surface area contributed by atoms with Gasteiger partial charge in [-0.1, -0.05) is 24.9 Å². The summed E-state index contributed by atoms with van der Waals surface area (Å²) in [7, 11) is 0. The topological polar surface area (TPSA) is 87.3 Å². The third-order valence-electron chi connectivity index (χ3n) is 3.27. The highest BCUT2D eigenvalue weighted by atomic mass is 35.5. The maximum absolute atomic E-state index is 12.0. The number of nitrogens with zero attached hydrogens (tertiary/aromatic N) is 2. The van der Waals surface area contributed by atoms with Gasteiger partial charge in [0.15, 0.2) is 5.69 Å². The second-order valence-corrected chi connectivity index (χ2v) is 5.56. The minimum absolute atomic E-state index is 0.0620. The van der Waals surface area contributed by atoms with Gasteiger partial charge in [-0.2, -0.15) is 0 Å². The second-order valence-electron chi connectivity index (χ2n) is 5.15. The first kappa shape index (κ1) is 16.1. The van der Waals surface area contributed by atoms with Crippen molar-refractivity contribution in [1.29, 1.82) is 0 Å². The van der Waals surface area contributed by atoms with Gasteiger partial charge in [0.05, 0.1) is 23.4 Å². The van der Waals surface area contributed by atoms with Crippen LogP contribution in [-0.4, -0.2) is 35.8 Å². The van der Waals surface area contributed by atoms with Crippen molar-refractivity contribution in [2.75, 3.05) is 19.8 Å². The van der Waals surface area contributed by atoms with E-state index in [-0.39, 0.29) is 17.3 Å². The molecule has 2 rings (SSSR count). The molecular formula is C14H20ClN3O3. The lowest BCUT2D eigenvalue weighted by atomic mass is 10.2. The molecule has 1 saturated carbocycles. The van der Waals surface area contributed by atoms with E-state index in [0.29, 0.717) is 19.0 Å². The number of hydrogen-bond acceptors (Lipinski definition) is 6. The van der Waals surface area contributed by atoms with E-state index in [2.05, 4.69) is 16.9 Å². The van der Waals surface area contributed by atoms with Gasteiger partial charge in [-0.25, -0.2) is 14.8 Å². The lowest BCUT2D eigenvalue weighted by Crippen LogP contribution is -2.24. The van der Waals surface area contributed by atoms with Crippen molar-refractivity contribution in [3.05, 3.63) is 22.7 Å². The van der Waals surface area contributed by atoms with E-state index >= 15 is 0 Å². The molecule has 116 valence electrons. The summed E-state index contributed by atoms with van der Waals surface area (Å²) in [6.07, 6.45) is 5.08. The van der Waals surface area contributed by atoms with Gasteiger partial charge in [-0.3, -0.25) is 0 Å². The Morgan fingerprint density at radius 1 is 1.43 bits per heavy atom. The molecule has 6 nitrogen and oxygen atoms in total. The van der Waals surface area contributed by atoms with Gasteiger partial charge < -0.3 is 15.2 Å². The van der Waals surface area contributed by atoms with Gasteiger partial charge >= 0.3 is 5.97 Å². The molecule has 7 heteroatoms. The van der Waals surface area contributed by atoms with Crippen LogP contribution in [0.2, 0.25) is 5.02 Å². The molecule has 1 heterocycles. The molecule has 1 aliphatic carbocycles. The van der Waals surface area contributed by atoms with Crippen molar-refractivity contribution in [3.63, 3.8) is 0 Å². The van der Waals surface area contributed by atoms with Crippen molar-refractivity contribution in [2.45, 2.75) is 38.1 Å². The predicted octanol–water partition coefficient (Wildman–Crippen LogP) is 2.05. The minimum atomic E-state index is -0.577. The summed E-state index contributed by atoms with van der Waals surface area (Å²) in [4.78, 5) is 20.2. The summed E-state index contributed by atoms with van der Waals surface area (Å²) < 4.78 is 10.4. The lowest BCUT2D eigenvalue weighted by Gasteiger charge is -2.10. The summed E-state index contributed by atoms with van der Waals surface area (Å²) in [6.45, 7) is 3.29. The van der Waals surface area contributed by atoms with E-state index in [1.165, 1.54) is 6.20 Å². The molecule has 0 saturated heterocycles. The number of esters is 1. The van der Waals surface area contributed by atoms with Crippen LogP contribution in [0.3, 0.4) is 0 Å². The molecule has 0 aromatic carbocycles. The second kappa shape index (κ2) is 7.15. The average molecular weight is 314 g/mol. The van der Waals surface area contributed by atoms with Crippen molar-refractivity contribution in [2.24, 2.45) is 5.73 Å². The van der Waals surface area contributed by atoms with Gasteiger partial charge in [0, 0.05) is 6.61 Å². The average Bonchev–Trinajstić information content (AvgIpc) is 3.22. The summed E-state index contributed by atoms with van der Waals surface area (Å²) in [6, 6.07) is 0. The van der Waals surface area contributed by atoms with Crippen molar-refractivity contribution >= 4 is 17.6 Å². The summed E-state index contributed by atoms with van der Waals surface area (Å²) in [5.74, 6) is -0.134. The van der Waals surface area contributed by atoms with Crippen molar-refractivity contribution in [3.8, 4) is 0 Å². The van der Waals surface area contributed by atoms with Gasteiger partial charge in [0.1, 0.15) is 12.4 Å². The highest BCUT2D eigenvalue weighted by molar-refractivity contribution is 6.33. The van der Waals surface area contributed by atoms with Crippen LogP contribution in [0.25, 0.3) is 0 Å². The first-order valence-corrected chi connectivity index (χ1v) is 7.51. The first-order chi connectivity index (χ1) is 10.1. The van der Waals surface area contributed by atoms with E-state index in [1.54, 1.807) is 0 Å². The molecule has 0 amide bonds. The highest BCUT2D eigenvalue weighted by Gasteiger charge is 2.43. The fourth-order valence-corrected chi connectivity index (χ4v) is 1.89. The van der Waals surface area contributed by atoms with Crippen LogP contribution in [-0.2, 0) is 15.0 Å². The molecule has 0 bridgehead atoms. The number of nitrogens with two attached hydrogens (primary N) is 1. The van der Waals surface area contributed by atoms with Crippen LogP contribution in [0.1, 0.15) is 48.9 Å². The number of carbonyl (C=O) groups is 1. The van der Waals surface area contributed by atoms with E-state index in [4.69, 9.17) is 26.8 Å². The Morgan fingerprint density at radius 2 is 2.19 bits per heavy atom. The van der Waals surface area contributed by atoms with Gasteiger partial charge in [-0.05, 0) is 19.3 Å². The normalized spacial score (nSPS) is 15.8. The molecule has 0 radical (unpaired) electrons. The predicted molar refractivity (Wildman–Crippen MR) is 78.2 cm³/mol. The number of carbonyl (C=O) groups excluding carboxylic acids is 1. The minimum Gasteiger partial charge on any atom is -0.458 e. The zero-order chi connectivity index (χ0) is 15.3. The van der Waals surface area contributed by atoms with Gasteiger partial charge in [0.2, 0.25) is 0 Å². The Morgan fingerprint density at radius 3 is 2.86 bits per heavy atom. The molecule has 0 atom stereocenters. The molecule has 0 unspecified atom stereocenters. The molecule has 21 heavy (non-hydrogen) atoms. The van der Waals surface area contributed by atoms with Crippen LogP contribution < -0.4 is 5.73 Å². The van der Waals surface area contributed by atoms with Crippen molar-refractivity contribution in [1.82, 2.24) is 9.97 Å². The summed E-state index contributed by atoms with van der Waals surface area (Å²) in [5, 5.41) is 0.167. The zero-order valence-corrected chi connectivity index (χ0v) is 12.9. The molecule has 2 N–H and O–H groups in total. The third kappa shape index (κ3) is 4.36. The molecule has 0 aliphatic heterocycles. The number of unbranched alkanes of at least 4 members (excludes halogenated alkanes) is 1. The quantitative estimate of drug-likeness (QED) is 0.584. The third-order valence-corrected chi connectivity index (χ3v) is 3.55. The van der Waals surface area contributed by atoms with Crippen LogP contribution in [0, 0.1) is 0 Å². The molecule has 0 spiro atoms. The monoisotopic (exact) mass is 313 g/mol. The molecule has 1 aromatic rings. The number of rotatable bonds is 8. The maximum Gasteiger partial charge on any atom is 0.358 e. The Labute approximate surface area is 129 Å². The largest absolute Gasteiger partial charge is 0.458 e. The standard InChI is InChI=1S/C14H20ClN3O3/c1-2-3-6-20-7-8-21-12(19)11-10(15)9-17-13(18-11)14(16)4-5-14/h9H,2-8,16H2,1H3. The summed E-state index contributed by atoms with van der Waals surface area (Å²) >= 11 is 5.95. The fourth-order valence-electron chi connectivity index (χ4n) is 1.72. The SMILES string of the molecule is CCCCOCCOC(=O)c1nc(C2(N)CC2)ncc1Cl. The fraction of sp³-hybridized carbons (Fsp3) is 0.643. The first-order valence-electron chi connectivity index (χ1n) is 7.13. The number of halogens is 1. The number of aromatic nitrogens is 2. The Kier molecular flexibility index (Phi) is 5.50. The molecular weight excluding hydrogens is 294 g/mol. The molecule has 1 fully saturated rings. The van der Waals surface area contributed by atoms with Gasteiger partial charge in [-0.15, -0.1) is 0 Å². The van der Waals surface area contributed by atoms with E-state index < -0.39 is 11.5 Å². The van der Waals surface area contributed by atoms with E-state index in [9.17, 15) is 4.79 Å². The Balaban J connectivity index is 1.87. The van der Waals surface area contributed by atoms with E-state index in [1.807, 2.05) is 0 Å². The summed E-state index contributed by atoms with van der Waals surface area (Å²) in [5.41, 5.74) is 5.57. The van der Waals surface area contributed by atoms with Crippen LogP contribution in [0.5, 0.6) is 0 Å². The maximum atomic E-state index is 12.0. The van der Waals surface area contributed by atoms with E-state index in [0.717, 1.165) is 25.7 Å².